The fourth-order valence-corrected chi connectivity index (χ4v) is 4.40. The number of benzene rings is 1. The maximum atomic E-state index is 13.0. The van der Waals surface area contributed by atoms with E-state index >= 15 is 0 Å². The van der Waals surface area contributed by atoms with Gasteiger partial charge in [0.1, 0.15) is 16.4 Å². The fraction of sp³-hybridized carbons (Fsp3) is 0.533. The Morgan fingerprint density at radius 3 is 2.65 bits per heavy atom. The molecule has 0 spiro atoms. The van der Waals surface area contributed by atoms with Gasteiger partial charge in [0, 0.05) is 26.2 Å². The molecule has 0 aromatic heterocycles. The summed E-state index contributed by atoms with van der Waals surface area (Å²) < 4.78 is 37.5. The second kappa shape index (κ2) is 7.18. The normalized spacial score (nSPS) is 19.2. The van der Waals surface area contributed by atoms with Crippen LogP contribution in [0.3, 0.4) is 0 Å². The van der Waals surface area contributed by atoms with Crippen molar-refractivity contribution in [3.05, 3.63) is 18.2 Å². The molecule has 128 valence electrons. The van der Waals surface area contributed by atoms with Gasteiger partial charge < -0.3 is 14.8 Å². The molecule has 1 atom stereocenters. The molecule has 1 fully saturated rings. The Hall–Kier alpha value is -1.80. The minimum atomic E-state index is -3.76. The van der Waals surface area contributed by atoms with Crippen LogP contribution in [0.15, 0.2) is 23.1 Å². The first-order chi connectivity index (χ1) is 10.9. The maximum absolute atomic E-state index is 13.0. The van der Waals surface area contributed by atoms with Crippen molar-refractivity contribution in [2.75, 3.05) is 34.4 Å². The van der Waals surface area contributed by atoms with Crippen LogP contribution in [0.4, 0.5) is 0 Å². The van der Waals surface area contributed by atoms with E-state index in [1.165, 1.54) is 24.6 Å². The summed E-state index contributed by atoms with van der Waals surface area (Å²) in [6.45, 7) is 0.554. The minimum Gasteiger partial charge on any atom is -0.497 e. The van der Waals surface area contributed by atoms with Gasteiger partial charge in [0.15, 0.2) is 0 Å². The molecule has 0 bridgehead atoms. The topological polar surface area (TPSA) is 84.9 Å². The van der Waals surface area contributed by atoms with Crippen LogP contribution in [0.5, 0.6) is 11.5 Å². The molecular formula is C15H22N2O5S. The molecule has 1 N–H and O–H groups in total. The van der Waals surface area contributed by atoms with E-state index in [-0.39, 0.29) is 29.0 Å². The second-order valence-electron chi connectivity index (χ2n) is 5.33. The molecule has 1 aromatic rings. The lowest BCUT2D eigenvalue weighted by Crippen LogP contribution is -2.44. The largest absolute Gasteiger partial charge is 0.497 e. The third-order valence-electron chi connectivity index (χ3n) is 3.99. The van der Waals surface area contributed by atoms with Gasteiger partial charge >= 0.3 is 0 Å². The van der Waals surface area contributed by atoms with Crippen molar-refractivity contribution < 1.29 is 22.7 Å². The zero-order valence-electron chi connectivity index (χ0n) is 13.5. The lowest BCUT2D eigenvalue weighted by molar-refractivity contribution is -0.125. The smallest absolute Gasteiger partial charge is 0.246 e. The Balaban J connectivity index is 2.36. The summed E-state index contributed by atoms with van der Waals surface area (Å²) in [6.07, 6.45) is 1.32. The number of methoxy groups -OCH3 is 2. The molecule has 2 rings (SSSR count). The summed E-state index contributed by atoms with van der Waals surface area (Å²) in [7, 11) is 0.687. The molecule has 8 heteroatoms. The van der Waals surface area contributed by atoms with Crippen molar-refractivity contribution in [2.45, 2.75) is 17.7 Å². The van der Waals surface area contributed by atoms with Gasteiger partial charge in [0.2, 0.25) is 15.9 Å². The van der Waals surface area contributed by atoms with Crippen LogP contribution in [-0.2, 0) is 14.8 Å². The monoisotopic (exact) mass is 342 g/mol. The highest BCUT2D eigenvalue weighted by Crippen LogP contribution is 2.32. The van der Waals surface area contributed by atoms with E-state index in [1.807, 2.05) is 0 Å². The molecule has 0 radical (unpaired) electrons. The third-order valence-corrected chi connectivity index (χ3v) is 5.88. The molecule has 1 aromatic carbocycles. The van der Waals surface area contributed by atoms with E-state index in [9.17, 15) is 13.2 Å². The zero-order chi connectivity index (χ0) is 17.0. The summed E-state index contributed by atoms with van der Waals surface area (Å²) >= 11 is 0. The molecule has 0 saturated carbocycles. The van der Waals surface area contributed by atoms with Crippen LogP contribution >= 0.6 is 0 Å². The van der Waals surface area contributed by atoms with Crippen molar-refractivity contribution in [3.63, 3.8) is 0 Å². The summed E-state index contributed by atoms with van der Waals surface area (Å²) in [5.74, 6) is 0.222. The highest BCUT2D eigenvalue weighted by Gasteiger charge is 2.34. The Morgan fingerprint density at radius 2 is 2.04 bits per heavy atom. The van der Waals surface area contributed by atoms with Gasteiger partial charge in [-0.25, -0.2) is 8.42 Å². The number of carbonyl (C=O) groups is 1. The molecule has 7 nitrogen and oxygen atoms in total. The second-order valence-corrected chi connectivity index (χ2v) is 7.24. The Morgan fingerprint density at radius 1 is 1.30 bits per heavy atom. The number of ether oxygens (including phenoxy) is 2. The van der Waals surface area contributed by atoms with Crippen molar-refractivity contribution in [1.29, 1.82) is 0 Å². The number of piperidine rings is 1. The van der Waals surface area contributed by atoms with E-state index in [2.05, 4.69) is 5.32 Å². The molecule has 1 amide bonds. The first-order valence-electron chi connectivity index (χ1n) is 7.37. The van der Waals surface area contributed by atoms with Crippen LogP contribution in [0.25, 0.3) is 0 Å². The van der Waals surface area contributed by atoms with E-state index in [0.717, 1.165) is 0 Å². The number of carbonyl (C=O) groups excluding carboxylic acids is 1. The van der Waals surface area contributed by atoms with Crippen LogP contribution in [0.1, 0.15) is 12.8 Å². The van der Waals surface area contributed by atoms with Crippen molar-refractivity contribution in [3.8, 4) is 11.5 Å². The van der Waals surface area contributed by atoms with Crippen molar-refractivity contribution in [1.82, 2.24) is 9.62 Å². The van der Waals surface area contributed by atoms with Crippen molar-refractivity contribution >= 4 is 15.9 Å². The fourth-order valence-electron chi connectivity index (χ4n) is 2.70. The SMILES string of the molecule is CNC(=O)[C@@H]1CCCN(S(=O)(=O)c2cc(OC)ccc2OC)C1. The van der Waals surface area contributed by atoms with Crippen LogP contribution in [0.2, 0.25) is 0 Å². The average Bonchev–Trinajstić information content (AvgIpc) is 2.60. The number of amides is 1. The standard InChI is InChI=1S/C15H22N2O5S/c1-16-15(18)11-5-4-8-17(10-11)23(19,20)14-9-12(21-2)6-7-13(14)22-3/h6-7,9,11H,4-5,8,10H2,1-3H3,(H,16,18)/t11-/m1/s1. The number of hydrogen-bond acceptors (Lipinski definition) is 5. The molecule has 0 unspecified atom stereocenters. The van der Waals surface area contributed by atoms with E-state index < -0.39 is 10.0 Å². The zero-order valence-corrected chi connectivity index (χ0v) is 14.4. The number of nitrogens with one attached hydrogen (secondary N) is 1. The summed E-state index contributed by atoms with van der Waals surface area (Å²) in [4.78, 5) is 11.9. The van der Waals surface area contributed by atoms with Gasteiger partial charge in [-0.1, -0.05) is 0 Å². The summed E-state index contributed by atoms with van der Waals surface area (Å²) in [5.41, 5.74) is 0. The van der Waals surface area contributed by atoms with Gasteiger partial charge in [-0.15, -0.1) is 0 Å². The summed E-state index contributed by atoms with van der Waals surface area (Å²) in [6, 6.07) is 4.64. The number of sulfonamides is 1. The van der Waals surface area contributed by atoms with E-state index in [0.29, 0.717) is 25.1 Å². The average molecular weight is 342 g/mol. The van der Waals surface area contributed by atoms with Gasteiger partial charge in [0.05, 0.1) is 20.1 Å². The quantitative estimate of drug-likeness (QED) is 0.857. The third kappa shape index (κ3) is 3.59. The highest BCUT2D eigenvalue weighted by molar-refractivity contribution is 7.89. The number of hydrogen-bond donors (Lipinski definition) is 1. The highest BCUT2D eigenvalue weighted by atomic mass is 32.2. The Kier molecular flexibility index (Phi) is 5.48. The van der Waals surface area contributed by atoms with Gasteiger partial charge in [-0.05, 0) is 25.0 Å². The van der Waals surface area contributed by atoms with Gasteiger partial charge in [-0.3, -0.25) is 4.79 Å². The first kappa shape index (κ1) is 17.6. The lowest BCUT2D eigenvalue weighted by atomic mass is 9.99. The van der Waals surface area contributed by atoms with Gasteiger partial charge in [-0.2, -0.15) is 4.31 Å². The van der Waals surface area contributed by atoms with Gasteiger partial charge in [0.25, 0.3) is 0 Å². The van der Waals surface area contributed by atoms with Crippen molar-refractivity contribution in [2.24, 2.45) is 5.92 Å². The van der Waals surface area contributed by atoms with Crippen LogP contribution in [0, 0.1) is 5.92 Å². The Bertz CT molecular complexity index is 674. The minimum absolute atomic E-state index is 0.0527. The molecule has 1 aliphatic heterocycles. The maximum Gasteiger partial charge on any atom is 0.246 e. The lowest BCUT2D eigenvalue weighted by Gasteiger charge is -2.31. The number of nitrogens with zero attached hydrogens (tertiary/aromatic N) is 1. The van der Waals surface area contributed by atoms with Crippen LogP contribution in [-0.4, -0.2) is 53.0 Å². The predicted molar refractivity (Wildman–Crippen MR) is 85.1 cm³/mol. The van der Waals surface area contributed by atoms with Crippen LogP contribution < -0.4 is 14.8 Å². The Labute approximate surface area is 136 Å². The summed E-state index contributed by atoms with van der Waals surface area (Å²) in [5, 5.41) is 2.58. The molecule has 0 aliphatic carbocycles. The van der Waals surface area contributed by atoms with E-state index in [1.54, 1.807) is 19.2 Å². The first-order valence-corrected chi connectivity index (χ1v) is 8.81. The van der Waals surface area contributed by atoms with E-state index in [4.69, 9.17) is 9.47 Å². The molecular weight excluding hydrogens is 320 g/mol. The molecule has 1 heterocycles. The molecule has 1 saturated heterocycles. The predicted octanol–water partition coefficient (Wildman–Crippen LogP) is 0.850. The number of rotatable bonds is 5. The molecule has 23 heavy (non-hydrogen) atoms. The molecule has 1 aliphatic rings.